The molecule has 0 radical (unpaired) electrons. The molecule has 1 heterocycles. The maximum absolute atomic E-state index is 4.28. The second-order valence-corrected chi connectivity index (χ2v) is 4.95. The molecule has 0 amide bonds. The van der Waals surface area contributed by atoms with E-state index in [0.717, 1.165) is 18.7 Å². The topological polar surface area (TPSA) is 49.8 Å². The van der Waals surface area contributed by atoms with Crippen LogP contribution in [0.1, 0.15) is 52.0 Å². The Balaban J connectivity index is 2.18. The van der Waals surface area contributed by atoms with Crippen LogP contribution in [-0.4, -0.2) is 22.6 Å². The van der Waals surface area contributed by atoms with E-state index < -0.39 is 0 Å². The predicted octanol–water partition coefficient (Wildman–Crippen LogP) is 2.97. The van der Waals surface area contributed by atoms with Gasteiger partial charge in [0.1, 0.15) is 0 Å². The molecule has 18 heavy (non-hydrogen) atoms. The average Bonchev–Trinajstić information content (AvgIpc) is 2.35. The standard InChI is InChI=1S/C14H26N4/c1-4-5-6-7-8-15-9-13-10-16-14(17-11-13)18-12(2)3/h10-12,15H,4-9H2,1-3H3,(H,16,17,18). The summed E-state index contributed by atoms with van der Waals surface area (Å²) in [6.07, 6.45) is 8.96. The summed E-state index contributed by atoms with van der Waals surface area (Å²) >= 11 is 0. The van der Waals surface area contributed by atoms with Crippen LogP contribution >= 0.6 is 0 Å². The molecular formula is C14H26N4. The van der Waals surface area contributed by atoms with E-state index >= 15 is 0 Å². The van der Waals surface area contributed by atoms with Crippen molar-refractivity contribution in [1.29, 1.82) is 0 Å². The molecule has 1 aromatic rings. The molecule has 0 fully saturated rings. The van der Waals surface area contributed by atoms with Crippen molar-refractivity contribution in [1.82, 2.24) is 15.3 Å². The van der Waals surface area contributed by atoms with Crippen molar-refractivity contribution in [2.24, 2.45) is 0 Å². The summed E-state index contributed by atoms with van der Waals surface area (Å²) in [7, 11) is 0. The van der Waals surface area contributed by atoms with Crippen molar-refractivity contribution in [3.05, 3.63) is 18.0 Å². The second kappa shape index (κ2) is 8.86. The number of unbranched alkanes of at least 4 members (excludes halogenated alkanes) is 3. The Labute approximate surface area is 111 Å². The lowest BCUT2D eigenvalue weighted by Crippen LogP contribution is -2.16. The molecule has 0 aromatic carbocycles. The Kier molecular flexibility index (Phi) is 7.34. The van der Waals surface area contributed by atoms with E-state index in [1.165, 1.54) is 25.7 Å². The van der Waals surface area contributed by atoms with Crippen LogP contribution in [0.25, 0.3) is 0 Å². The monoisotopic (exact) mass is 250 g/mol. The van der Waals surface area contributed by atoms with Crippen LogP contribution in [-0.2, 0) is 6.54 Å². The minimum absolute atomic E-state index is 0.368. The van der Waals surface area contributed by atoms with Gasteiger partial charge >= 0.3 is 0 Å². The Bertz CT molecular complexity index is 308. The van der Waals surface area contributed by atoms with Gasteiger partial charge in [-0.2, -0.15) is 0 Å². The number of hydrogen-bond acceptors (Lipinski definition) is 4. The molecule has 0 aliphatic rings. The summed E-state index contributed by atoms with van der Waals surface area (Å²) in [5, 5.41) is 6.60. The maximum atomic E-state index is 4.28. The van der Waals surface area contributed by atoms with Crippen LogP contribution in [0, 0.1) is 0 Å². The molecule has 4 nitrogen and oxygen atoms in total. The lowest BCUT2D eigenvalue weighted by Gasteiger charge is -2.08. The molecule has 0 aliphatic carbocycles. The normalized spacial score (nSPS) is 10.9. The van der Waals surface area contributed by atoms with Gasteiger partial charge in [-0.1, -0.05) is 26.2 Å². The van der Waals surface area contributed by atoms with E-state index in [9.17, 15) is 0 Å². The highest BCUT2D eigenvalue weighted by Gasteiger charge is 1.99. The van der Waals surface area contributed by atoms with Gasteiger partial charge in [-0.25, -0.2) is 9.97 Å². The first-order chi connectivity index (χ1) is 8.72. The lowest BCUT2D eigenvalue weighted by atomic mass is 10.2. The third kappa shape index (κ3) is 6.55. The highest BCUT2D eigenvalue weighted by Crippen LogP contribution is 2.02. The van der Waals surface area contributed by atoms with Gasteiger partial charge in [-0.05, 0) is 26.8 Å². The van der Waals surface area contributed by atoms with Crippen molar-refractivity contribution in [3.8, 4) is 0 Å². The first-order valence-electron chi connectivity index (χ1n) is 7.00. The maximum Gasteiger partial charge on any atom is 0.222 e. The SMILES string of the molecule is CCCCCCNCc1cnc(NC(C)C)nc1. The Morgan fingerprint density at radius 1 is 1.11 bits per heavy atom. The van der Waals surface area contributed by atoms with E-state index in [1.54, 1.807) is 0 Å². The number of nitrogens with one attached hydrogen (secondary N) is 2. The van der Waals surface area contributed by atoms with E-state index in [1.807, 2.05) is 12.4 Å². The molecule has 0 aliphatic heterocycles. The van der Waals surface area contributed by atoms with Crippen molar-refractivity contribution >= 4 is 5.95 Å². The third-order valence-electron chi connectivity index (χ3n) is 2.66. The summed E-state index contributed by atoms with van der Waals surface area (Å²) in [6, 6.07) is 0.368. The molecule has 1 aromatic heterocycles. The van der Waals surface area contributed by atoms with Crippen molar-refractivity contribution in [2.75, 3.05) is 11.9 Å². The fourth-order valence-electron chi connectivity index (χ4n) is 1.69. The Hall–Kier alpha value is -1.16. The number of aromatic nitrogens is 2. The molecule has 0 saturated carbocycles. The molecule has 0 spiro atoms. The fourth-order valence-corrected chi connectivity index (χ4v) is 1.69. The van der Waals surface area contributed by atoms with E-state index in [-0.39, 0.29) is 0 Å². The van der Waals surface area contributed by atoms with Crippen LogP contribution in [0.15, 0.2) is 12.4 Å². The smallest absolute Gasteiger partial charge is 0.222 e. The van der Waals surface area contributed by atoms with Crippen molar-refractivity contribution in [3.63, 3.8) is 0 Å². The predicted molar refractivity (Wildman–Crippen MR) is 76.6 cm³/mol. The third-order valence-corrected chi connectivity index (χ3v) is 2.66. The van der Waals surface area contributed by atoms with Gasteiger partial charge < -0.3 is 10.6 Å². The molecular weight excluding hydrogens is 224 g/mol. The summed E-state index contributed by atoms with van der Waals surface area (Å²) in [6.45, 7) is 8.32. The summed E-state index contributed by atoms with van der Waals surface area (Å²) in [5.74, 6) is 0.705. The molecule has 1 rings (SSSR count). The molecule has 102 valence electrons. The summed E-state index contributed by atoms with van der Waals surface area (Å²) in [5.41, 5.74) is 1.14. The quantitative estimate of drug-likeness (QED) is 0.662. The van der Waals surface area contributed by atoms with Gasteiger partial charge in [0, 0.05) is 30.5 Å². The minimum Gasteiger partial charge on any atom is -0.352 e. The average molecular weight is 250 g/mol. The highest BCUT2D eigenvalue weighted by atomic mass is 15.1. The van der Waals surface area contributed by atoms with Crippen LogP contribution in [0.3, 0.4) is 0 Å². The summed E-state index contributed by atoms with van der Waals surface area (Å²) in [4.78, 5) is 8.57. The Morgan fingerprint density at radius 3 is 2.44 bits per heavy atom. The van der Waals surface area contributed by atoms with Crippen molar-refractivity contribution in [2.45, 2.75) is 59.0 Å². The zero-order chi connectivity index (χ0) is 13.2. The van der Waals surface area contributed by atoms with Crippen molar-refractivity contribution < 1.29 is 0 Å². The lowest BCUT2D eigenvalue weighted by molar-refractivity contribution is 0.597. The zero-order valence-electron chi connectivity index (χ0n) is 11.9. The molecule has 2 N–H and O–H groups in total. The molecule has 4 heteroatoms. The van der Waals surface area contributed by atoms with Gasteiger partial charge in [0.25, 0.3) is 0 Å². The zero-order valence-corrected chi connectivity index (χ0v) is 11.9. The highest BCUT2D eigenvalue weighted by molar-refractivity contribution is 5.25. The van der Waals surface area contributed by atoms with E-state index in [2.05, 4.69) is 41.4 Å². The molecule has 0 bridgehead atoms. The van der Waals surface area contributed by atoms with E-state index in [4.69, 9.17) is 0 Å². The van der Waals surface area contributed by atoms with Crippen LogP contribution in [0.5, 0.6) is 0 Å². The first kappa shape index (κ1) is 14.9. The van der Waals surface area contributed by atoms with Crippen LogP contribution in [0.4, 0.5) is 5.95 Å². The number of rotatable bonds is 9. The second-order valence-electron chi connectivity index (χ2n) is 4.95. The molecule has 0 saturated heterocycles. The van der Waals surface area contributed by atoms with Gasteiger partial charge in [-0.3, -0.25) is 0 Å². The molecule has 0 atom stereocenters. The van der Waals surface area contributed by atoms with Crippen LogP contribution < -0.4 is 10.6 Å². The largest absolute Gasteiger partial charge is 0.352 e. The minimum atomic E-state index is 0.368. The van der Waals surface area contributed by atoms with Gasteiger partial charge in [0.2, 0.25) is 5.95 Å². The van der Waals surface area contributed by atoms with Gasteiger partial charge in [0.05, 0.1) is 0 Å². The first-order valence-corrected chi connectivity index (χ1v) is 7.00. The number of hydrogen-bond donors (Lipinski definition) is 2. The van der Waals surface area contributed by atoms with E-state index in [0.29, 0.717) is 12.0 Å². The Morgan fingerprint density at radius 2 is 1.83 bits per heavy atom. The number of nitrogens with zero attached hydrogens (tertiary/aromatic N) is 2. The summed E-state index contributed by atoms with van der Waals surface area (Å²) < 4.78 is 0. The van der Waals surface area contributed by atoms with Gasteiger partial charge in [0.15, 0.2) is 0 Å². The van der Waals surface area contributed by atoms with Gasteiger partial charge in [-0.15, -0.1) is 0 Å². The molecule has 0 unspecified atom stereocenters. The fraction of sp³-hybridized carbons (Fsp3) is 0.714. The number of anilines is 1. The van der Waals surface area contributed by atoms with Crippen LogP contribution in [0.2, 0.25) is 0 Å².